The molecule has 0 heterocycles. The van der Waals surface area contributed by atoms with Gasteiger partial charge >= 0.3 is 0 Å². The fourth-order valence-corrected chi connectivity index (χ4v) is 2.62. The fourth-order valence-electron chi connectivity index (χ4n) is 2.17. The number of nitrogens with one attached hydrogen (secondary N) is 2. The van der Waals surface area contributed by atoms with Crippen molar-refractivity contribution in [1.82, 2.24) is 10.9 Å². The maximum absolute atomic E-state index is 12.2. The van der Waals surface area contributed by atoms with E-state index in [4.69, 9.17) is 27.9 Å². The molecular weight excluding hydrogens is 363 g/mol. The summed E-state index contributed by atoms with van der Waals surface area (Å²) in [5.74, 6) is -0.582. The molecule has 0 spiro atoms. The van der Waals surface area contributed by atoms with Crippen LogP contribution in [0.2, 0.25) is 10.0 Å². The van der Waals surface area contributed by atoms with Gasteiger partial charge in [0, 0.05) is 10.6 Å². The third-order valence-corrected chi connectivity index (χ3v) is 4.02. The first-order valence-electron chi connectivity index (χ1n) is 7.57. The number of halogens is 2. The Labute approximate surface area is 156 Å². The number of carbonyl (C=O) groups is 2. The molecule has 5 nitrogen and oxygen atoms in total. The van der Waals surface area contributed by atoms with Gasteiger partial charge in [-0.05, 0) is 50.6 Å². The van der Waals surface area contributed by atoms with Crippen molar-refractivity contribution in [2.24, 2.45) is 0 Å². The molecule has 0 saturated carbocycles. The molecular formula is C18H18Cl2N2O3. The third-order valence-electron chi connectivity index (χ3n) is 3.49. The summed E-state index contributed by atoms with van der Waals surface area (Å²) in [6, 6.07) is 10.1. The van der Waals surface area contributed by atoms with E-state index in [-0.39, 0.29) is 0 Å². The predicted octanol–water partition coefficient (Wildman–Crippen LogP) is 3.84. The van der Waals surface area contributed by atoms with Crippen LogP contribution in [-0.2, 0) is 4.79 Å². The van der Waals surface area contributed by atoms with Crippen molar-refractivity contribution in [2.45, 2.75) is 26.9 Å². The Morgan fingerprint density at radius 2 is 1.76 bits per heavy atom. The van der Waals surface area contributed by atoms with E-state index in [0.29, 0.717) is 21.4 Å². The lowest BCUT2D eigenvalue weighted by Gasteiger charge is -2.16. The van der Waals surface area contributed by atoms with Crippen LogP contribution in [0.15, 0.2) is 36.4 Å². The lowest BCUT2D eigenvalue weighted by Crippen LogP contribution is -2.47. The van der Waals surface area contributed by atoms with E-state index in [9.17, 15) is 9.59 Å². The summed E-state index contributed by atoms with van der Waals surface area (Å²) in [7, 11) is 0. The second kappa shape index (κ2) is 8.23. The number of ether oxygens (including phenoxy) is 1. The molecule has 1 unspecified atom stereocenters. The largest absolute Gasteiger partial charge is 0.479 e. The summed E-state index contributed by atoms with van der Waals surface area (Å²) in [5.41, 5.74) is 7.08. The second-order valence-electron chi connectivity index (χ2n) is 5.60. The number of amides is 2. The van der Waals surface area contributed by atoms with Crippen molar-refractivity contribution in [1.29, 1.82) is 0 Å². The predicted molar refractivity (Wildman–Crippen MR) is 98.1 cm³/mol. The number of rotatable bonds is 4. The fraction of sp³-hybridized carbons (Fsp3) is 0.222. The van der Waals surface area contributed by atoms with Gasteiger partial charge in [0.25, 0.3) is 11.8 Å². The monoisotopic (exact) mass is 380 g/mol. The van der Waals surface area contributed by atoms with Crippen LogP contribution in [0, 0.1) is 13.8 Å². The lowest BCUT2D eigenvalue weighted by molar-refractivity contribution is -0.128. The standard InChI is InChI=1S/C18H18Cl2N2O3/c1-10-4-6-14(11(2)8-10)18(24)22-21-17(23)12(3)25-16-7-5-13(19)9-15(16)20/h4-9,12H,1-3H3,(H,21,23)(H,22,24). The van der Waals surface area contributed by atoms with E-state index >= 15 is 0 Å². The minimum absolute atomic E-state index is 0.298. The number of carbonyl (C=O) groups excluding carboxylic acids is 2. The van der Waals surface area contributed by atoms with E-state index in [2.05, 4.69) is 10.9 Å². The van der Waals surface area contributed by atoms with Gasteiger partial charge in [-0.25, -0.2) is 0 Å². The topological polar surface area (TPSA) is 67.4 Å². The number of benzene rings is 2. The van der Waals surface area contributed by atoms with E-state index in [1.54, 1.807) is 25.1 Å². The van der Waals surface area contributed by atoms with E-state index in [0.717, 1.165) is 11.1 Å². The van der Waals surface area contributed by atoms with Gasteiger partial charge in [0.15, 0.2) is 6.10 Å². The quantitative estimate of drug-likeness (QED) is 0.791. The number of hydrogen-bond donors (Lipinski definition) is 2. The zero-order chi connectivity index (χ0) is 18.6. The molecule has 0 bridgehead atoms. The Kier molecular flexibility index (Phi) is 6.28. The summed E-state index contributed by atoms with van der Waals surface area (Å²) in [4.78, 5) is 24.2. The molecule has 0 aliphatic rings. The van der Waals surface area contributed by atoms with E-state index < -0.39 is 17.9 Å². The average Bonchev–Trinajstić information content (AvgIpc) is 2.54. The molecule has 132 valence electrons. The molecule has 2 amide bonds. The summed E-state index contributed by atoms with van der Waals surface area (Å²) < 4.78 is 5.49. The molecule has 2 N–H and O–H groups in total. The van der Waals surface area contributed by atoms with Crippen LogP contribution in [0.5, 0.6) is 5.75 Å². The highest BCUT2D eigenvalue weighted by molar-refractivity contribution is 6.35. The van der Waals surface area contributed by atoms with Crippen molar-refractivity contribution in [3.8, 4) is 5.75 Å². The van der Waals surface area contributed by atoms with Crippen LogP contribution in [0.25, 0.3) is 0 Å². The van der Waals surface area contributed by atoms with Crippen LogP contribution < -0.4 is 15.6 Å². The number of hydrazine groups is 1. The SMILES string of the molecule is Cc1ccc(C(=O)NNC(=O)C(C)Oc2ccc(Cl)cc2Cl)c(C)c1. The first kappa shape index (κ1) is 19.1. The van der Waals surface area contributed by atoms with Gasteiger partial charge in [0.2, 0.25) is 0 Å². The van der Waals surface area contributed by atoms with Crippen molar-refractivity contribution >= 4 is 35.0 Å². The van der Waals surface area contributed by atoms with Gasteiger partial charge in [-0.3, -0.25) is 20.4 Å². The molecule has 0 fully saturated rings. The molecule has 0 aromatic heterocycles. The molecule has 1 atom stereocenters. The molecule has 2 aromatic rings. The van der Waals surface area contributed by atoms with E-state index in [1.165, 1.54) is 6.07 Å². The highest BCUT2D eigenvalue weighted by Gasteiger charge is 2.17. The van der Waals surface area contributed by atoms with Crippen molar-refractivity contribution in [3.05, 3.63) is 63.1 Å². The first-order chi connectivity index (χ1) is 11.8. The molecule has 0 aliphatic heterocycles. The van der Waals surface area contributed by atoms with Crippen LogP contribution in [0.1, 0.15) is 28.4 Å². The van der Waals surface area contributed by atoms with Gasteiger partial charge in [0.1, 0.15) is 5.75 Å². The van der Waals surface area contributed by atoms with Crippen molar-refractivity contribution in [2.75, 3.05) is 0 Å². The van der Waals surface area contributed by atoms with Crippen LogP contribution in [0.3, 0.4) is 0 Å². The number of aryl methyl sites for hydroxylation is 2. The van der Waals surface area contributed by atoms with E-state index in [1.807, 2.05) is 26.0 Å². The molecule has 25 heavy (non-hydrogen) atoms. The van der Waals surface area contributed by atoms with Crippen LogP contribution in [0.4, 0.5) is 0 Å². The molecule has 2 rings (SSSR count). The third kappa shape index (κ3) is 5.11. The zero-order valence-electron chi connectivity index (χ0n) is 14.0. The highest BCUT2D eigenvalue weighted by Crippen LogP contribution is 2.28. The Morgan fingerprint density at radius 3 is 2.40 bits per heavy atom. The maximum atomic E-state index is 12.2. The maximum Gasteiger partial charge on any atom is 0.279 e. The van der Waals surface area contributed by atoms with Gasteiger partial charge in [-0.2, -0.15) is 0 Å². The first-order valence-corrected chi connectivity index (χ1v) is 8.32. The van der Waals surface area contributed by atoms with Gasteiger partial charge in [0.05, 0.1) is 5.02 Å². The van der Waals surface area contributed by atoms with Crippen molar-refractivity contribution < 1.29 is 14.3 Å². The minimum Gasteiger partial charge on any atom is -0.479 e. The normalized spacial score (nSPS) is 11.6. The Morgan fingerprint density at radius 1 is 1.04 bits per heavy atom. The second-order valence-corrected chi connectivity index (χ2v) is 6.44. The molecule has 2 aromatic carbocycles. The molecule has 0 saturated heterocycles. The summed E-state index contributed by atoms with van der Waals surface area (Å²) in [5, 5.41) is 0.765. The molecule has 0 radical (unpaired) electrons. The number of hydrogen-bond acceptors (Lipinski definition) is 3. The molecule has 0 aliphatic carbocycles. The van der Waals surface area contributed by atoms with Crippen LogP contribution >= 0.6 is 23.2 Å². The zero-order valence-corrected chi connectivity index (χ0v) is 15.5. The summed E-state index contributed by atoms with van der Waals surface area (Å²) >= 11 is 11.8. The van der Waals surface area contributed by atoms with Gasteiger partial charge < -0.3 is 4.74 Å². The minimum atomic E-state index is -0.863. The Balaban J connectivity index is 1.93. The lowest BCUT2D eigenvalue weighted by atomic mass is 10.1. The Hall–Kier alpha value is -2.24. The Bertz CT molecular complexity index is 809. The highest BCUT2D eigenvalue weighted by atomic mass is 35.5. The van der Waals surface area contributed by atoms with Crippen LogP contribution in [-0.4, -0.2) is 17.9 Å². The molecule has 7 heteroatoms. The average molecular weight is 381 g/mol. The van der Waals surface area contributed by atoms with Gasteiger partial charge in [-0.15, -0.1) is 0 Å². The summed E-state index contributed by atoms with van der Waals surface area (Å²) in [6.45, 7) is 5.32. The van der Waals surface area contributed by atoms with Crippen molar-refractivity contribution in [3.63, 3.8) is 0 Å². The van der Waals surface area contributed by atoms with Gasteiger partial charge in [-0.1, -0.05) is 40.9 Å². The summed E-state index contributed by atoms with van der Waals surface area (Å²) in [6.07, 6.45) is -0.863. The smallest absolute Gasteiger partial charge is 0.279 e.